The van der Waals surface area contributed by atoms with E-state index in [9.17, 15) is 9.46 Å². The standard InChI is InChI=1S/C7H15O3P/c1-2-6-11(8,9)7-4-3-5-10-7/h7H,2-6H2,1H3,(H,8,9). The quantitative estimate of drug-likeness (QED) is 0.670. The van der Waals surface area contributed by atoms with Crippen LogP contribution in [0.15, 0.2) is 0 Å². The van der Waals surface area contributed by atoms with E-state index >= 15 is 0 Å². The van der Waals surface area contributed by atoms with Crippen LogP contribution < -0.4 is 0 Å². The van der Waals surface area contributed by atoms with Crippen LogP contribution in [0.3, 0.4) is 0 Å². The largest absolute Gasteiger partial charge is 0.368 e. The van der Waals surface area contributed by atoms with Crippen LogP contribution in [0.25, 0.3) is 0 Å². The molecule has 2 atom stereocenters. The Morgan fingerprint density at radius 3 is 2.91 bits per heavy atom. The van der Waals surface area contributed by atoms with Gasteiger partial charge in [0.15, 0.2) is 0 Å². The van der Waals surface area contributed by atoms with Crippen molar-refractivity contribution in [2.24, 2.45) is 0 Å². The molecule has 11 heavy (non-hydrogen) atoms. The van der Waals surface area contributed by atoms with Crippen LogP contribution in [0.2, 0.25) is 0 Å². The van der Waals surface area contributed by atoms with Crippen molar-refractivity contribution >= 4 is 7.37 Å². The van der Waals surface area contributed by atoms with Gasteiger partial charge in [-0.1, -0.05) is 6.92 Å². The maximum Gasteiger partial charge on any atom is 0.228 e. The van der Waals surface area contributed by atoms with Gasteiger partial charge < -0.3 is 9.63 Å². The summed E-state index contributed by atoms with van der Waals surface area (Å²) in [6.45, 7) is 2.57. The van der Waals surface area contributed by atoms with Gasteiger partial charge >= 0.3 is 0 Å². The van der Waals surface area contributed by atoms with E-state index in [4.69, 9.17) is 4.74 Å². The third kappa shape index (κ3) is 2.29. The summed E-state index contributed by atoms with van der Waals surface area (Å²) in [5, 5.41) is 0. The Kier molecular flexibility index (Phi) is 3.11. The summed E-state index contributed by atoms with van der Waals surface area (Å²) in [6.07, 6.45) is 2.85. The lowest BCUT2D eigenvalue weighted by molar-refractivity contribution is 0.154. The van der Waals surface area contributed by atoms with Crippen LogP contribution in [0.5, 0.6) is 0 Å². The average molecular weight is 178 g/mol. The second-order valence-electron chi connectivity index (χ2n) is 2.95. The first-order valence-electron chi connectivity index (χ1n) is 4.10. The monoisotopic (exact) mass is 178 g/mol. The van der Waals surface area contributed by atoms with Gasteiger partial charge in [-0.2, -0.15) is 0 Å². The van der Waals surface area contributed by atoms with Gasteiger partial charge in [-0.15, -0.1) is 0 Å². The lowest BCUT2D eigenvalue weighted by atomic mass is 10.4. The summed E-state index contributed by atoms with van der Waals surface area (Å²) < 4.78 is 16.6. The van der Waals surface area contributed by atoms with Crippen molar-refractivity contribution in [3.8, 4) is 0 Å². The molecule has 1 saturated heterocycles. The van der Waals surface area contributed by atoms with E-state index in [2.05, 4.69) is 0 Å². The predicted molar refractivity (Wildman–Crippen MR) is 44.0 cm³/mol. The van der Waals surface area contributed by atoms with Crippen molar-refractivity contribution in [2.45, 2.75) is 32.0 Å². The molecule has 0 radical (unpaired) electrons. The molecule has 3 nitrogen and oxygen atoms in total. The zero-order valence-corrected chi connectivity index (χ0v) is 7.72. The molecular formula is C7H15O3P. The van der Waals surface area contributed by atoms with Gasteiger partial charge in [0, 0.05) is 12.8 Å². The number of hydrogen-bond acceptors (Lipinski definition) is 2. The molecule has 0 bridgehead atoms. The summed E-state index contributed by atoms with van der Waals surface area (Å²) in [5.41, 5.74) is 0. The van der Waals surface area contributed by atoms with E-state index in [0.29, 0.717) is 12.8 Å². The first kappa shape index (κ1) is 9.24. The highest BCUT2D eigenvalue weighted by Crippen LogP contribution is 2.50. The number of hydrogen-bond donors (Lipinski definition) is 1. The maximum absolute atomic E-state index is 11.4. The van der Waals surface area contributed by atoms with Crippen molar-refractivity contribution < 1.29 is 14.2 Å². The zero-order chi connectivity index (χ0) is 8.32. The topological polar surface area (TPSA) is 46.5 Å². The summed E-state index contributed by atoms with van der Waals surface area (Å²) >= 11 is 0. The van der Waals surface area contributed by atoms with Crippen molar-refractivity contribution in [3.63, 3.8) is 0 Å². The summed E-state index contributed by atoms with van der Waals surface area (Å²) in [5.74, 6) is -0.359. The fraction of sp³-hybridized carbons (Fsp3) is 1.00. The van der Waals surface area contributed by atoms with Crippen molar-refractivity contribution in [1.82, 2.24) is 0 Å². The number of rotatable bonds is 3. The van der Waals surface area contributed by atoms with Gasteiger partial charge in [0.05, 0.1) is 0 Å². The van der Waals surface area contributed by atoms with Crippen LogP contribution in [0, 0.1) is 0 Å². The van der Waals surface area contributed by atoms with E-state index < -0.39 is 7.37 Å². The van der Waals surface area contributed by atoms with Gasteiger partial charge in [-0.3, -0.25) is 4.57 Å². The minimum Gasteiger partial charge on any atom is -0.368 e. The van der Waals surface area contributed by atoms with Gasteiger partial charge in [0.1, 0.15) is 5.85 Å². The molecule has 1 rings (SSSR count). The molecule has 0 spiro atoms. The Morgan fingerprint density at radius 2 is 2.45 bits per heavy atom. The molecule has 0 aromatic rings. The Bertz CT molecular complexity index is 163. The summed E-state index contributed by atoms with van der Waals surface area (Å²) in [7, 11) is -2.96. The van der Waals surface area contributed by atoms with Crippen LogP contribution in [-0.4, -0.2) is 23.5 Å². The highest BCUT2D eigenvalue weighted by Gasteiger charge is 2.33. The zero-order valence-electron chi connectivity index (χ0n) is 6.82. The predicted octanol–water partition coefficient (Wildman–Crippen LogP) is 1.80. The third-order valence-electron chi connectivity index (χ3n) is 1.90. The highest BCUT2D eigenvalue weighted by molar-refractivity contribution is 7.58. The van der Waals surface area contributed by atoms with E-state index in [-0.39, 0.29) is 5.85 Å². The first-order chi connectivity index (χ1) is 5.17. The Hall–Kier alpha value is 0.150. The van der Waals surface area contributed by atoms with Crippen LogP contribution >= 0.6 is 7.37 Å². The summed E-state index contributed by atoms with van der Waals surface area (Å²) in [6, 6.07) is 0. The first-order valence-corrected chi connectivity index (χ1v) is 6.01. The van der Waals surface area contributed by atoms with Crippen LogP contribution in [0.4, 0.5) is 0 Å². The van der Waals surface area contributed by atoms with Crippen molar-refractivity contribution in [2.75, 3.05) is 12.8 Å². The SMILES string of the molecule is CCCP(=O)(O)C1CCCO1. The third-order valence-corrected chi connectivity index (χ3v) is 4.29. The van der Waals surface area contributed by atoms with Crippen LogP contribution in [0.1, 0.15) is 26.2 Å². The fourth-order valence-electron chi connectivity index (χ4n) is 1.34. The molecule has 1 aliphatic rings. The molecular weight excluding hydrogens is 163 g/mol. The molecule has 1 fully saturated rings. The Balaban J connectivity index is 2.48. The Morgan fingerprint density at radius 1 is 1.73 bits per heavy atom. The van der Waals surface area contributed by atoms with Gasteiger partial charge in [-0.05, 0) is 19.3 Å². The minimum absolute atomic E-state index is 0.359. The molecule has 1 N–H and O–H groups in total. The Labute approximate surface area is 67.2 Å². The lowest BCUT2D eigenvalue weighted by Crippen LogP contribution is -2.08. The normalized spacial score (nSPS) is 30.2. The molecule has 0 aromatic heterocycles. The molecule has 1 aliphatic heterocycles. The number of ether oxygens (including phenoxy) is 1. The molecule has 0 amide bonds. The van der Waals surface area contributed by atoms with E-state index in [1.807, 2.05) is 6.92 Å². The van der Waals surface area contributed by atoms with E-state index in [0.717, 1.165) is 19.3 Å². The molecule has 66 valence electrons. The fourth-order valence-corrected chi connectivity index (χ4v) is 3.20. The molecule has 2 unspecified atom stereocenters. The van der Waals surface area contributed by atoms with E-state index in [1.54, 1.807) is 0 Å². The molecule has 0 aromatic carbocycles. The lowest BCUT2D eigenvalue weighted by Gasteiger charge is -2.16. The summed E-state index contributed by atoms with van der Waals surface area (Å²) in [4.78, 5) is 9.44. The molecule has 0 aliphatic carbocycles. The van der Waals surface area contributed by atoms with Gasteiger partial charge in [0.25, 0.3) is 0 Å². The second-order valence-corrected chi connectivity index (χ2v) is 5.48. The highest BCUT2D eigenvalue weighted by atomic mass is 31.2. The smallest absolute Gasteiger partial charge is 0.228 e. The minimum atomic E-state index is -2.96. The molecule has 1 heterocycles. The maximum atomic E-state index is 11.4. The van der Waals surface area contributed by atoms with Crippen molar-refractivity contribution in [1.29, 1.82) is 0 Å². The second kappa shape index (κ2) is 3.70. The van der Waals surface area contributed by atoms with E-state index in [1.165, 1.54) is 0 Å². The van der Waals surface area contributed by atoms with Gasteiger partial charge in [-0.25, -0.2) is 0 Å². The van der Waals surface area contributed by atoms with Crippen molar-refractivity contribution in [3.05, 3.63) is 0 Å². The average Bonchev–Trinajstić information content (AvgIpc) is 2.37. The van der Waals surface area contributed by atoms with Gasteiger partial charge in [0.2, 0.25) is 7.37 Å². The molecule has 0 saturated carbocycles. The van der Waals surface area contributed by atoms with Crippen LogP contribution in [-0.2, 0) is 9.30 Å². The molecule has 4 heteroatoms.